The molecule has 7 heteroatoms. The van der Waals surface area contributed by atoms with E-state index in [2.05, 4.69) is 20.4 Å². The summed E-state index contributed by atoms with van der Waals surface area (Å²) < 4.78 is 1.76. The van der Waals surface area contributed by atoms with Gasteiger partial charge in [-0.1, -0.05) is 0 Å². The maximum atomic E-state index is 12.3. The van der Waals surface area contributed by atoms with Gasteiger partial charge in [0.2, 0.25) is 5.91 Å². The van der Waals surface area contributed by atoms with Crippen LogP contribution >= 0.6 is 0 Å². The molecule has 2 aromatic heterocycles. The van der Waals surface area contributed by atoms with E-state index < -0.39 is 0 Å². The fourth-order valence-electron chi connectivity index (χ4n) is 3.65. The van der Waals surface area contributed by atoms with Gasteiger partial charge in [0.1, 0.15) is 5.82 Å². The molecule has 0 fully saturated rings. The number of nitrogens with one attached hydrogen (secondary N) is 1. The highest BCUT2D eigenvalue weighted by atomic mass is 16.1. The van der Waals surface area contributed by atoms with Crippen LogP contribution in [0.4, 0.5) is 0 Å². The number of hydrogen-bond donors (Lipinski definition) is 1. The molecule has 0 aromatic carbocycles. The van der Waals surface area contributed by atoms with Crippen LogP contribution in [-0.2, 0) is 24.2 Å². The zero-order valence-electron chi connectivity index (χ0n) is 15.8. The van der Waals surface area contributed by atoms with Crippen molar-refractivity contribution < 1.29 is 9.59 Å². The minimum absolute atomic E-state index is 0.00309. The molecule has 0 unspecified atom stereocenters. The minimum atomic E-state index is -0.136. The van der Waals surface area contributed by atoms with E-state index in [1.165, 1.54) is 12.5 Å². The number of aromatic nitrogens is 4. The number of fused-ring (bicyclic) bond motifs is 1. The molecule has 1 aliphatic carbocycles. The number of carbonyl (C=O) groups is 2. The van der Waals surface area contributed by atoms with Crippen molar-refractivity contribution in [2.45, 2.75) is 66.0 Å². The van der Waals surface area contributed by atoms with Crippen LogP contribution in [0.2, 0.25) is 0 Å². The average Bonchev–Trinajstić information content (AvgIpc) is 3.16. The molecule has 0 saturated heterocycles. The molecule has 138 valence electrons. The lowest BCUT2D eigenvalue weighted by atomic mass is 10.1. The van der Waals surface area contributed by atoms with Crippen molar-refractivity contribution in [2.75, 3.05) is 0 Å². The predicted octanol–water partition coefficient (Wildman–Crippen LogP) is 2.25. The Morgan fingerprint density at radius 3 is 2.77 bits per heavy atom. The average molecular weight is 355 g/mol. The van der Waals surface area contributed by atoms with E-state index in [9.17, 15) is 9.59 Å². The fourth-order valence-corrected chi connectivity index (χ4v) is 3.65. The molecule has 1 atom stereocenters. The van der Waals surface area contributed by atoms with Crippen molar-refractivity contribution in [1.29, 1.82) is 0 Å². The van der Waals surface area contributed by atoms with Gasteiger partial charge in [-0.3, -0.25) is 14.3 Å². The van der Waals surface area contributed by atoms with Crippen molar-refractivity contribution in [3.63, 3.8) is 0 Å². The summed E-state index contributed by atoms with van der Waals surface area (Å²) in [5, 5.41) is 7.32. The molecular weight excluding hydrogens is 330 g/mol. The largest absolute Gasteiger partial charge is 0.349 e. The Bertz CT molecular complexity index is 856. The van der Waals surface area contributed by atoms with Gasteiger partial charge < -0.3 is 5.32 Å². The van der Waals surface area contributed by atoms with Crippen molar-refractivity contribution in [1.82, 2.24) is 25.1 Å². The maximum absolute atomic E-state index is 12.3. The van der Waals surface area contributed by atoms with Crippen LogP contribution in [0, 0.1) is 13.8 Å². The molecule has 7 nitrogen and oxygen atoms in total. The number of aryl methyl sites for hydroxylation is 3. The summed E-state index contributed by atoms with van der Waals surface area (Å²) in [7, 11) is 0. The van der Waals surface area contributed by atoms with E-state index in [-0.39, 0.29) is 24.2 Å². The summed E-state index contributed by atoms with van der Waals surface area (Å²) in [5.41, 5.74) is 4.48. The first kappa shape index (κ1) is 18.2. The van der Waals surface area contributed by atoms with Gasteiger partial charge >= 0.3 is 0 Å². The van der Waals surface area contributed by atoms with Gasteiger partial charge in [-0.2, -0.15) is 5.10 Å². The molecule has 3 rings (SSSR count). The highest BCUT2D eigenvalue weighted by Gasteiger charge is 2.20. The molecular formula is C19H25N5O2. The van der Waals surface area contributed by atoms with E-state index in [4.69, 9.17) is 0 Å². The normalized spacial score (nSPS) is 14.2. The number of amides is 1. The van der Waals surface area contributed by atoms with Gasteiger partial charge in [0, 0.05) is 24.0 Å². The summed E-state index contributed by atoms with van der Waals surface area (Å²) >= 11 is 0. The van der Waals surface area contributed by atoms with Gasteiger partial charge in [0.25, 0.3) is 0 Å². The van der Waals surface area contributed by atoms with E-state index in [1.807, 2.05) is 27.0 Å². The highest BCUT2D eigenvalue weighted by Crippen LogP contribution is 2.20. The number of rotatable bonds is 6. The van der Waals surface area contributed by atoms with Crippen LogP contribution in [0.25, 0.3) is 0 Å². The Morgan fingerprint density at radius 1 is 1.31 bits per heavy atom. The van der Waals surface area contributed by atoms with Crippen LogP contribution < -0.4 is 5.32 Å². The first-order chi connectivity index (χ1) is 12.4. The molecule has 0 bridgehead atoms. The summed E-state index contributed by atoms with van der Waals surface area (Å²) in [6, 6.07) is -0.136. The lowest BCUT2D eigenvalue weighted by molar-refractivity contribution is -0.122. The zero-order chi connectivity index (χ0) is 18.8. The molecule has 2 aromatic rings. The van der Waals surface area contributed by atoms with E-state index in [0.717, 1.165) is 30.7 Å². The zero-order valence-corrected chi connectivity index (χ0v) is 15.8. The van der Waals surface area contributed by atoms with Crippen LogP contribution in [0.15, 0.2) is 6.20 Å². The second-order valence-corrected chi connectivity index (χ2v) is 6.99. The summed E-state index contributed by atoms with van der Waals surface area (Å²) in [4.78, 5) is 32.9. The molecule has 0 aliphatic heterocycles. The maximum Gasteiger partial charge on any atom is 0.222 e. The Kier molecular flexibility index (Phi) is 5.15. The van der Waals surface area contributed by atoms with Crippen LogP contribution in [0.1, 0.15) is 71.6 Å². The Labute approximate surface area is 153 Å². The Morgan fingerprint density at radius 2 is 2.08 bits per heavy atom. The fraction of sp³-hybridized carbons (Fsp3) is 0.526. The topological polar surface area (TPSA) is 89.8 Å². The minimum Gasteiger partial charge on any atom is -0.349 e. The second-order valence-electron chi connectivity index (χ2n) is 6.99. The molecule has 1 N–H and O–H groups in total. The first-order valence-electron chi connectivity index (χ1n) is 9.03. The van der Waals surface area contributed by atoms with Gasteiger partial charge in [-0.25, -0.2) is 9.97 Å². The standard InChI is InChI=1S/C19H25N5O2/c1-11(24-13(3)19(14(4)25)12(2)23-24)8-18(26)21-10-17-20-9-15-6-5-7-16(15)22-17/h9,11H,5-8,10H2,1-4H3,(H,21,26)/t11-/m0/s1. The van der Waals surface area contributed by atoms with Gasteiger partial charge in [0.15, 0.2) is 5.78 Å². The molecule has 0 spiro atoms. The number of nitrogens with zero attached hydrogens (tertiary/aromatic N) is 4. The number of hydrogen-bond acceptors (Lipinski definition) is 5. The third-order valence-electron chi connectivity index (χ3n) is 4.88. The lowest BCUT2D eigenvalue weighted by Gasteiger charge is -2.14. The third kappa shape index (κ3) is 3.66. The van der Waals surface area contributed by atoms with Crippen molar-refractivity contribution in [3.8, 4) is 0 Å². The summed E-state index contributed by atoms with van der Waals surface area (Å²) in [5.74, 6) is 0.562. The monoisotopic (exact) mass is 355 g/mol. The SMILES string of the molecule is CC(=O)c1c(C)nn([C@@H](C)CC(=O)NCc2ncc3c(n2)CCC3)c1C. The first-order valence-corrected chi connectivity index (χ1v) is 9.03. The third-order valence-corrected chi connectivity index (χ3v) is 4.88. The van der Waals surface area contributed by atoms with Crippen LogP contribution in [0.5, 0.6) is 0 Å². The van der Waals surface area contributed by atoms with Crippen molar-refractivity contribution in [3.05, 3.63) is 40.2 Å². The van der Waals surface area contributed by atoms with Gasteiger partial charge in [-0.15, -0.1) is 0 Å². The van der Waals surface area contributed by atoms with Gasteiger partial charge in [0.05, 0.1) is 23.8 Å². The van der Waals surface area contributed by atoms with Crippen molar-refractivity contribution in [2.24, 2.45) is 0 Å². The molecule has 1 aliphatic rings. The summed E-state index contributed by atoms with van der Waals surface area (Å²) in [6.07, 6.45) is 5.32. The quantitative estimate of drug-likeness (QED) is 0.803. The molecule has 0 radical (unpaired) electrons. The number of ketones is 1. The second kappa shape index (κ2) is 7.35. The highest BCUT2D eigenvalue weighted by molar-refractivity contribution is 5.96. The predicted molar refractivity (Wildman–Crippen MR) is 96.9 cm³/mol. The molecule has 1 amide bonds. The summed E-state index contributed by atoms with van der Waals surface area (Å²) in [6.45, 7) is 7.47. The molecule has 2 heterocycles. The van der Waals surface area contributed by atoms with Gasteiger partial charge in [-0.05, 0) is 52.5 Å². The molecule has 26 heavy (non-hydrogen) atoms. The van der Waals surface area contributed by atoms with E-state index in [1.54, 1.807) is 4.68 Å². The van der Waals surface area contributed by atoms with Crippen LogP contribution in [0.3, 0.4) is 0 Å². The van der Waals surface area contributed by atoms with Crippen molar-refractivity contribution >= 4 is 11.7 Å². The Balaban J connectivity index is 1.60. The lowest BCUT2D eigenvalue weighted by Crippen LogP contribution is -2.27. The van der Waals surface area contributed by atoms with E-state index in [0.29, 0.717) is 23.6 Å². The Hall–Kier alpha value is -2.57. The number of Topliss-reactive ketones (excluding diaryl/α,β-unsaturated/α-hetero) is 1. The smallest absolute Gasteiger partial charge is 0.222 e. The van der Waals surface area contributed by atoms with Crippen LogP contribution in [-0.4, -0.2) is 31.4 Å². The van der Waals surface area contributed by atoms with E-state index >= 15 is 0 Å². The number of carbonyl (C=O) groups excluding carboxylic acids is 2. The molecule has 0 saturated carbocycles.